The SMILES string of the molecule is COc1cc(/C=C/C(=O)O[C@@H](C(=O)N2CCCC2)c2ccccc2)ccc1O. The number of ether oxygens (including phenoxy) is 2. The smallest absolute Gasteiger partial charge is 0.331 e. The van der Waals surface area contributed by atoms with Gasteiger partial charge in [0, 0.05) is 24.7 Å². The van der Waals surface area contributed by atoms with Crippen LogP contribution in [0.3, 0.4) is 0 Å². The number of nitrogens with zero attached hydrogens (tertiary/aromatic N) is 1. The monoisotopic (exact) mass is 381 g/mol. The van der Waals surface area contributed by atoms with Crippen molar-refractivity contribution in [3.63, 3.8) is 0 Å². The number of phenols is 1. The Morgan fingerprint density at radius 3 is 2.50 bits per heavy atom. The Morgan fingerprint density at radius 2 is 1.82 bits per heavy atom. The Morgan fingerprint density at radius 1 is 1.11 bits per heavy atom. The lowest BCUT2D eigenvalue weighted by molar-refractivity contribution is -0.156. The fourth-order valence-electron chi connectivity index (χ4n) is 3.11. The number of hydrogen-bond donors (Lipinski definition) is 1. The molecule has 1 aliphatic rings. The highest BCUT2D eigenvalue weighted by atomic mass is 16.5. The molecular formula is C22H23NO5. The predicted molar refractivity (Wildman–Crippen MR) is 105 cm³/mol. The van der Waals surface area contributed by atoms with Crippen LogP contribution in [0.1, 0.15) is 30.1 Å². The van der Waals surface area contributed by atoms with E-state index >= 15 is 0 Å². The van der Waals surface area contributed by atoms with Gasteiger partial charge in [-0.05, 0) is 36.6 Å². The summed E-state index contributed by atoms with van der Waals surface area (Å²) in [4.78, 5) is 27.0. The quantitative estimate of drug-likeness (QED) is 0.614. The molecule has 1 N–H and O–H groups in total. The average molecular weight is 381 g/mol. The largest absolute Gasteiger partial charge is 0.504 e. The number of esters is 1. The van der Waals surface area contributed by atoms with Gasteiger partial charge in [-0.2, -0.15) is 0 Å². The van der Waals surface area contributed by atoms with E-state index in [1.807, 2.05) is 18.2 Å². The maximum Gasteiger partial charge on any atom is 0.331 e. The summed E-state index contributed by atoms with van der Waals surface area (Å²) in [5.41, 5.74) is 1.31. The average Bonchev–Trinajstić information content (AvgIpc) is 3.26. The lowest BCUT2D eigenvalue weighted by Crippen LogP contribution is -2.34. The van der Waals surface area contributed by atoms with Crippen LogP contribution in [-0.4, -0.2) is 42.1 Å². The van der Waals surface area contributed by atoms with E-state index in [1.54, 1.807) is 35.2 Å². The van der Waals surface area contributed by atoms with Gasteiger partial charge in [0.1, 0.15) is 0 Å². The van der Waals surface area contributed by atoms with Crippen LogP contribution < -0.4 is 4.74 Å². The molecule has 0 saturated carbocycles. The second kappa shape index (κ2) is 9.08. The van der Waals surface area contributed by atoms with Crippen LogP contribution >= 0.6 is 0 Å². The fourth-order valence-corrected chi connectivity index (χ4v) is 3.11. The van der Waals surface area contributed by atoms with E-state index in [4.69, 9.17) is 9.47 Å². The molecule has 1 heterocycles. The normalized spacial score (nSPS) is 14.8. The number of carbonyl (C=O) groups excluding carboxylic acids is 2. The third-order valence-electron chi connectivity index (χ3n) is 4.59. The van der Waals surface area contributed by atoms with Crippen molar-refractivity contribution in [1.29, 1.82) is 0 Å². The van der Waals surface area contributed by atoms with Crippen molar-refractivity contribution in [3.8, 4) is 11.5 Å². The van der Waals surface area contributed by atoms with Gasteiger partial charge in [0.05, 0.1) is 7.11 Å². The molecule has 0 spiro atoms. The number of aromatic hydroxyl groups is 1. The minimum atomic E-state index is -0.967. The van der Waals surface area contributed by atoms with Crippen LogP contribution in [0.5, 0.6) is 11.5 Å². The van der Waals surface area contributed by atoms with Crippen molar-refractivity contribution in [3.05, 3.63) is 65.7 Å². The fraction of sp³-hybridized carbons (Fsp3) is 0.273. The molecule has 28 heavy (non-hydrogen) atoms. The molecule has 6 heteroatoms. The maximum atomic E-state index is 12.9. The highest BCUT2D eigenvalue weighted by Crippen LogP contribution is 2.27. The van der Waals surface area contributed by atoms with E-state index in [2.05, 4.69) is 0 Å². The molecule has 0 aromatic heterocycles. The molecule has 1 atom stereocenters. The van der Waals surface area contributed by atoms with Gasteiger partial charge < -0.3 is 19.5 Å². The van der Waals surface area contributed by atoms with Crippen molar-refractivity contribution in [2.75, 3.05) is 20.2 Å². The van der Waals surface area contributed by atoms with E-state index in [0.717, 1.165) is 12.8 Å². The molecule has 0 bridgehead atoms. The van der Waals surface area contributed by atoms with Gasteiger partial charge in [-0.3, -0.25) is 4.79 Å². The van der Waals surface area contributed by atoms with E-state index in [0.29, 0.717) is 30.0 Å². The first kappa shape index (κ1) is 19.5. The minimum Gasteiger partial charge on any atom is -0.504 e. The number of likely N-dealkylation sites (tertiary alicyclic amines) is 1. The topological polar surface area (TPSA) is 76.1 Å². The van der Waals surface area contributed by atoms with Crippen molar-refractivity contribution in [1.82, 2.24) is 4.90 Å². The number of rotatable bonds is 6. The number of methoxy groups -OCH3 is 1. The minimum absolute atomic E-state index is 0.0163. The van der Waals surface area contributed by atoms with Crippen molar-refractivity contribution in [2.24, 2.45) is 0 Å². The summed E-state index contributed by atoms with van der Waals surface area (Å²) in [7, 11) is 1.45. The third kappa shape index (κ3) is 4.71. The zero-order valence-electron chi connectivity index (χ0n) is 15.7. The molecule has 0 aliphatic carbocycles. The van der Waals surface area contributed by atoms with Gasteiger partial charge in [0.15, 0.2) is 11.5 Å². The van der Waals surface area contributed by atoms with E-state index in [1.165, 1.54) is 19.3 Å². The molecule has 1 saturated heterocycles. The standard InChI is InChI=1S/C22H23NO5/c1-27-19-15-16(9-11-18(19)24)10-12-20(25)28-21(17-7-3-2-4-8-17)22(26)23-13-5-6-14-23/h2-4,7-12,15,21,24H,5-6,13-14H2,1H3/b12-10+/t21-/m1/s1. The van der Waals surface area contributed by atoms with Crippen LogP contribution in [0.2, 0.25) is 0 Å². The second-order valence-corrected chi connectivity index (χ2v) is 6.52. The number of hydrogen-bond acceptors (Lipinski definition) is 5. The van der Waals surface area contributed by atoms with Crippen LogP contribution in [0.4, 0.5) is 0 Å². The number of benzene rings is 2. The first-order chi connectivity index (χ1) is 13.6. The molecule has 1 aliphatic heterocycles. The molecular weight excluding hydrogens is 358 g/mol. The van der Waals surface area contributed by atoms with Crippen molar-refractivity contribution in [2.45, 2.75) is 18.9 Å². The summed E-state index contributed by atoms with van der Waals surface area (Å²) in [5.74, 6) is -0.491. The summed E-state index contributed by atoms with van der Waals surface area (Å²) in [6.07, 6.45) is 3.77. The lowest BCUT2D eigenvalue weighted by Gasteiger charge is -2.23. The third-order valence-corrected chi connectivity index (χ3v) is 4.59. The van der Waals surface area contributed by atoms with Gasteiger partial charge in [-0.25, -0.2) is 4.79 Å². The summed E-state index contributed by atoms with van der Waals surface area (Å²) >= 11 is 0. The summed E-state index contributed by atoms with van der Waals surface area (Å²) in [6, 6.07) is 13.8. The number of carbonyl (C=O) groups is 2. The number of amides is 1. The maximum absolute atomic E-state index is 12.9. The summed E-state index contributed by atoms with van der Waals surface area (Å²) in [6.45, 7) is 1.37. The van der Waals surface area contributed by atoms with Gasteiger partial charge in [-0.1, -0.05) is 36.4 Å². The van der Waals surface area contributed by atoms with E-state index < -0.39 is 12.1 Å². The number of phenolic OH excluding ortho intramolecular Hbond substituents is 1. The van der Waals surface area contributed by atoms with Crippen molar-refractivity contribution >= 4 is 18.0 Å². The molecule has 2 aromatic carbocycles. The molecule has 3 rings (SSSR count). The Balaban J connectivity index is 1.74. The van der Waals surface area contributed by atoms with Gasteiger partial charge in [-0.15, -0.1) is 0 Å². The van der Waals surface area contributed by atoms with Crippen LogP contribution in [-0.2, 0) is 14.3 Å². The molecule has 1 amide bonds. The predicted octanol–water partition coefficient (Wildman–Crippen LogP) is 3.32. The molecule has 1 fully saturated rings. The van der Waals surface area contributed by atoms with E-state index in [-0.39, 0.29) is 11.7 Å². The van der Waals surface area contributed by atoms with Gasteiger partial charge >= 0.3 is 5.97 Å². The lowest BCUT2D eigenvalue weighted by atomic mass is 10.1. The zero-order chi connectivity index (χ0) is 19.9. The first-order valence-corrected chi connectivity index (χ1v) is 9.18. The van der Waals surface area contributed by atoms with Crippen LogP contribution in [0, 0.1) is 0 Å². The molecule has 0 radical (unpaired) electrons. The zero-order valence-corrected chi connectivity index (χ0v) is 15.7. The molecule has 2 aromatic rings. The van der Waals surface area contributed by atoms with Crippen LogP contribution in [0.15, 0.2) is 54.6 Å². The Hall–Kier alpha value is -3.28. The van der Waals surface area contributed by atoms with Gasteiger partial charge in [0.25, 0.3) is 5.91 Å². The highest BCUT2D eigenvalue weighted by Gasteiger charge is 2.30. The summed E-state index contributed by atoms with van der Waals surface area (Å²) < 4.78 is 10.6. The summed E-state index contributed by atoms with van der Waals surface area (Å²) in [5, 5.41) is 9.64. The Labute approximate surface area is 164 Å². The van der Waals surface area contributed by atoms with E-state index in [9.17, 15) is 14.7 Å². The van der Waals surface area contributed by atoms with Crippen LogP contribution in [0.25, 0.3) is 6.08 Å². The Bertz CT molecular complexity index is 856. The second-order valence-electron chi connectivity index (χ2n) is 6.52. The highest BCUT2D eigenvalue weighted by molar-refractivity contribution is 5.91. The van der Waals surface area contributed by atoms with Gasteiger partial charge in [0.2, 0.25) is 6.10 Å². The molecule has 0 unspecified atom stereocenters. The van der Waals surface area contributed by atoms with Crippen molar-refractivity contribution < 1.29 is 24.2 Å². The molecule has 146 valence electrons. The Kier molecular flexibility index (Phi) is 6.32. The molecule has 6 nitrogen and oxygen atoms in total. The first-order valence-electron chi connectivity index (χ1n) is 9.18.